The van der Waals surface area contributed by atoms with Gasteiger partial charge in [0, 0.05) is 19.1 Å². The van der Waals surface area contributed by atoms with E-state index in [-0.39, 0.29) is 29.9 Å². The Morgan fingerprint density at radius 2 is 2.04 bits per heavy atom. The lowest BCUT2D eigenvalue weighted by molar-refractivity contribution is -0.126. The molecule has 1 aliphatic heterocycles. The summed E-state index contributed by atoms with van der Waals surface area (Å²) in [5, 5.41) is 5.86. The van der Waals surface area contributed by atoms with Gasteiger partial charge in [-0.3, -0.25) is 4.79 Å². The van der Waals surface area contributed by atoms with Crippen molar-refractivity contribution >= 4 is 11.9 Å². The first-order valence-corrected chi connectivity index (χ1v) is 8.83. The van der Waals surface area contributed by atoms with Crippen molar-refractivity contribution < 1.29 is 9.59 Å². The molecular formula is C19H29N3O2. The lowest BCUT2D eigenvalue weighted by Crippen LogP contribution is -2.51. The summed E-state index contributed by atoms with van der Waals surface area (Å²) in [7, 11) is 0. The fourth-order valence-corrected chi connectivity index (χ4v) is 3.28. The average Bonchev–Trinajstić information content (AvgIpc) is 2.54. The lowest BCUT2D eigenvalue weighted by Gasteiger charge is -2.39. The molecule has 1 saturated heterocycles. The zero-order valence-corrected chi connectivity index (χ0v) is 15.1. The molecule has 0 bridgehead atoms. The number of likely N-dealkylation sites (tertiary alicyclic amines) is 1. The molecule has 2 atom stereocenters. The van der Waals surface area contributed by atoms with Crippen LogP contribution >= 0.6 is 0 Å². The van der Waals surface area contributed by atoms with Gasteiger partial charge in [-0.25, -0.2) is 4.79 Å². The van der Waals surface area contributed by atoms with E-state index in [2.05, 4.69) is 35.8 Å². The number of aryl methyl sites for hydroxylation is 1. The van der Waals surface area contributed by atoms with E-state index in [1.54, 1.807) is 0 Å². The Morgan fingerprint density at radius 3 is 2.67 bits per heavy atom. The van der Waals surface area contributed by atoms with E-state index in [9.17, 15) is 9.59 Å². The van der Waals surface area contributed by atoms with Crippen LogP contribution < -0.4 is 10.6 Å². The van der Waals surface area contributed by atoms with Crippen LogP contribution in [0, 0.1) is 12.8 Å². The first-order valence-electron chi connectivity index (χ1n) is 8.83. The van der Waals surface area contributed by atoms with Crippen LogP contribution in [0.1, 0.15) is 50.8 Å². The largest absolute Gasteiger partial charge is 0.356 e. The second kappa shape index (κ2) is 8.18. The molecule has 132 valence electrons. The quantitative estimate of drug-likeness (QED) is 0.891. The fourth-order valence-electron chi connectivity index (χ4n) is 3.28. The average molecular weight is 331 g/mol. The normalized spacial score (nSPS) is 20.8. The molecule has 5 nitrogen and oxygen atoms in total. The van der Waals surface area contributed by atoms with Gasteiger partial charge in [-0.1, -0.05) is 29.8 Å². The van der Waals surface area contributed by atoms with Crippen molar-refractivity contribution in [1.29, 1.82) is 0 Å². The van der Waals surface area contributed by atoms with Gasteiger partial charge in [-0.15, -0.1) is 0 Å². The third-order valence-corrected chi connectivity index (χ3v) is 4.40. The number of urea groups is 1. The molecule has 1 aromatic carbocycles. The minimum absolute atomic E-state index is 0.0225. The first kappa shape index (κ1) is 18.3. The number of rotatable bonds is 4. The molecule has 1 fully saturated rings. The van der Waals surface area contributed by atoms with Crippen LogP contribution in [0.5, 0.6) is 0 Å². The summed E-state index contributed by atoms with van der Waals surface area (Å²) in [6.07, 6.45) is 1.60. The third kappa shape index (κ3) is 4.49. The highest BCUT2D eigenvalue weighted by Gasteiger charge is 2.35. The van der Waals surface area contributed by atoms with Gasteiger partial charge >= 0.3 is 6.03 Å². The Balaban J connectivity index is 2.22. The summed E-state index contributed by atoms with van der Waals surface area (Å²) in [4.78, 5) is 26.7. The highest BCUT2D eigenvalue weighted by molar-refractivity contribution is 5.81. The smallest absolute Gasteiger partial charge is 0.318 e. The van der Waals surface area contributed by atoms with Gasteiger partial charge < -0.3 is 15.5 Å². The zero-order chi connectivity index (χ0) is 17.7. The molecule has 2 rings (SSSR count). The number of benzene rings is 1. The molecule has 1 aliphatic rings. The van der Waals surface area contributed by atoms with Crippen LogP contribution in [-0.4, -0.2) is 36.0 Å². The highest BCUT2D eigenvalue weighted by Crippen LogP contribution is 2.34. The SMILES string of the molecule is CCNC(=O)C1CCC(c2cccc(C)c2)N(C(=O)NC(C)C)C1. The minimum Gasteiger partial charge on any atom is -0.356 e. The first-order chi connectivity index (χ1) is 11.4. The molecule has 2 N–H and O–H groups in total. The second-order valence-corrected chi connectivity index (χ2v) is 6.86. The summed E-state index contributed by atoms with van der Waals surface area (Å²) < 4.78 is 0. The molecule has 0 saturated carbocycles. The van der Waals surface area contributed by atoms with E-state index >= 15 is 0 Å². The summed E-state index contributed by atoms with van der Waals surface area (Å²) >= 11 is 0. The number of hydrogen-bond acceptors (Lipinski definition) is 2. The van der Waals surface area contributed by atoms with Gasteiger partial charge in [-0.2, -0.15) is 0 Å². The molecule has 0 spiro atoms. The van der Waals surface area contributed by atoms with E-state index < -0.39 is 0 Å². The molecule has 24 heavy (non-hydrogen) atoms. The van der Waals surface area contributed by atoms with Crippen molar-refractivity contribution in [2.24, 2.45) is 5.92 Å². The van der Waals surface area contributed by atoms with E-state index in [0.29, 0.717) is 13.1 Å². The zero-order valence-electron chi connectivity index (χ0n) is 15.1. The molecule has 0 aliphatic carbocycles. The Bertz CT molecular complexity index is 586. The van der Waals surface area contributed by atoms with Gasteiger partial charge in [0.2, 0.25) is 5.91 Å². The Hall–Kier alpha value is -2.04. The van der Waals surface area contributed by atoms with Crippen molar-refractivity contribution in [2.75, 3.05) is 13.1 Å². The fraction of sp³-hybridized carbons (Fsp3) is 0.579. The number of carbonyl (C=O) groups is 2. The summed E-state index contributed by atoms with van der Waals surface area (Å²) in [6.45, 7) is 8.95. The number of nitrogens with zero attached hydrogens (tertiary/aromatic N) is 1. The predicted molar refractivity (Wildman–Crippen MR) is 95.7 cm³/mol. The second-order valence-electron chi connectivity index (χ2n) is 6.86. The number of amides is 3. The predicted octanol–water partition coefficient (Wildman–Crippen LogP) is 3.00. The topological polar surface area (TPSA) is 61.4 Å². The lowest BCUT2D eigenvalue weighted by atomic mass is 9.88. The van der Waals surface area contributed by atoms with Gasteiger partial charge in [0.1, 0.15) is 0 Å². The molecule has 0 aromatic heterocycles. The molecule has 1 aromatic rings. The van der Waals surface area contributed by atoms with Crippen LogP contribution in [0.4, 0.5) is 4.79 Å². The van der Waals surface area contributed by atoms with Crippen molar-refractivity contribution in [1.82, 2.24) is 15.5 Å². The van der Waals surface area contributed by atoms with Crippen molar-refractivity contribution in [2.45, 2.75) is 52.6 Å². The highest BCUT2D eigenvalue weighted by atomic mass is 16.2. The number of hydrogen-bond donors (Lipinski definition) is 2. The minimum atomic E-state index is -0.135. The van der Waals surface area contributed by atoms with Crippen LogP contribution in [0.15, 0.2) is 24.3 Å². The Labute approximate surface area is 144 Å². The van der Waals surface area contributed by atoms with Gasteiger partial charge in [-0.05, 0) is 46.1 Å². The Kier molecular flexibility index (Phi) is 6.23. The van der Waals surface area contributed by atoms with Crippen molar-refractivity contribution in [3.05, 3.63) is 35.4 Å². The maximum atomic E-state index is 12.7. The number of piperidine rings is 1. The van der Waals surface area contributed by atoms with Crippen LogP contribution in [0.25, 0.3) is 0 Å². The van der Waals surface area contributed by atoms with Crippen LogP contribution in [0.3, 0.4) is 0 Å². The molecule has 0 radical (unpaired) electrons. The van der Waals surface area contributed by atoms with Crippen LogP contribution in [0.2, 0.25) is 0 Å². The third-order valence-electron chi connectivity index (χ3n) is 4.40. The van der Waals surface area contributed by atoms with Gasteiger partial charge in [0.15, 0.2) is 0 Å². The summed E-state index contributed by atoms with van der Waals surface area (Å²) in [5.74, 6) is -0.0912. The van der Waals surface area contributed by atoms with Crippen molar-refractivity contribution in [3.63, 3.8) is 0 Å². The number of carbonyl (C=O) groups excluding carboxylic acids is 2. The molecule has 1 heterocycles. The number of nitrogens with one attached hydrogen (secondary N) is 2. The van der Waals surface area contributed by atoms with E-state index in [1.165, 1.54) is 5.56 Å². The van der Waals surface area contributed by atoms with Gasteiger partial charge in [0.25, 0.3) is 0 Å². The standard InChI is InChI=1S/C19H29N3O2/c1-5-20-18(23)16-9-10-17(15-8-6-7-14(4)11-15)22(12-16)19(24)21-13(2)3/h6-8,11,13,16-17H,5,9-10,12H2,1-4H3,(H,20,23)(H,21,24). The molecular weight excluding hydrogens is 302 g/mol. The van der Waals surface area contributed by atoms with Gasteiger partial charge in [0.05, 0.1) is 12.0 Å². The summed E-state index contributed by atoms with van der Waals surface area (Å²) in [5.41, 5.74) is 2.32. The molecule has 3 amide bonds. The molecule has 5 heteroatoms. The van der Waals surface area contributed by atoms with Crippen molar-refractivity contribution in [3.8, 4) is 0 Å². The monoisotopic (exact) mass is 331 g/mol. The van der Waals surface area contributed by atoms with E-state index in [0.717, 1.165) is 18.4 Å². The van der Waals surface area contributed by atoms with E-state index in [1.807, 2.05) is 31.7 Å². The Morgan fingerprint density at radius 1 is 1.29 bits per heavy atom. The van der Waals surface area contributed by atoms with E-state index in [4.69, 9.17) is 0 Å². The maximum absolute atomic E-state index is 12.7. The van der Waals surface area contributed by atoms with Crippen LogP contribution in [-0.2, 0) is 4.79 Å². The maximum Gasteiger partial charge on any atom is 0.318 e. The molecule has 2 unspecified atom stereocenters. The summed E-state index contributed by atoms with van der Waals surface area (Å²) in [6, 6.07) is 8.29.